The molecule has 0 aliphatic heterocycles. The van der Waals surface area contributed by atoms with Gasteiger partial charge in [0.25, 0.3) is 11.6 Å². The Balaban J connectivity index is 1.68. The lowest BCUT2D eigenvalue weighted by atomic mass is 10.1. The zero-order valence-electron chi connectivity index (χ0n) is 15.9. The van der Waals surface area contributed by atoms with Crippen LogP contribution in [-0.2, 0) is 11.2 Å². The molecule has 3 aromatic rings. The lowest BCUT2D eigenvalue weighted by Gasteiger charge is -2.09. The van der Waals surface area contributed by atoms with Crippen LogP contribution in [0, 0.1) is 10.1 Å². The molecule has 0 saturated heterocycles. The average molecular weight is 423 g/mol. The summed E-state index contributed by atoms with van der Waals surface area (Å²) >= 11 is 1.29. The van der Waals surface area contributed by atoms with E-state index in [1.165, 1.54) is 47.8 Å². The van der Waals surface area contributed by atoms with Gasteiger partial charge in [-0.3, -0.25) is 25.0 Å². The van der Waals surface area contributed by atoms with Crippen molar-refractivity contribution < 1.29 is 14.5 Å². The number of carbonyl (C=O) groups excluding carboxylic acids is 2. The molecule has 3 rings (SSSR count). The molecule has 0 spiro atoms. The van der Waals surface area contributed by atoms with Gasteiger partial charge in [0.2, 0.25) is 11.0 Å². The molecule has 0 bridgehead atoms. The average Bonchev–Trinajstić information content (AvgIpc) is 3.20. The second kappa shape index (κ2) is 9.52. The first-order valence-electron chi connectivity index (χ1n) is 8.92. The first-order valence-corrected chi connectivity index (χ1v) is 9.74. The van der Waals surface area contributed by atoms with Crippen LogP contribution in [0.2, 0.25) is 0 Å². The number of hydrogen-bond acceptors (Lipinski definition) is 7. The highest BCUT2D eigenvalue weighted by Crippen LogP contribution is 2.20. The minimum Gasteiger partial charge on any atom is -0.322 e. The number of aryl methyl sites for hydroxylation is 1. The SMILES string of the molecule is CCc1nnc(NC(=O)c2ccccc2NC(=O)/C=C/c2ccc([N+](=O)[O-])cc2)s1. The predicted molar refractivity (Wildman–Crippen MR) is 114 cm³/mol. The van der Waals surface area contributed by atoms with Gasteiger partial charge in [0, 0.05) is 18.2 Å². The molecule has 10 heteroatoms. The molecule has 0 unspecified atom stereocenters. The molecule has 152 valence electrons. The minimum absolute atomic E-state index is 0.0296. The van der Waals surface area contributed by atoms with E-state index in [9.17, 15) is 19.7 Å². The number of non-ortho nitro benzene ring substituents is 1. The fraction of sp³-hybridized carbons (Fsp3) is 0.100. The topological polar surface area (TPSA) is 127 Å². The summed E-state index contributed by atoms with van der Waals surface area (Å²) in [7, 11) is 0. The Bertz CT molecular complexity index is 1110. The summed E-state index contributed by atoms with van der Waals surface area (Å²) in [6.07, 6.45) is 3.53. The van der Waals surface area contributed by atoms with E-state index in [-0.39, 0.29) is 11.3 Å². The molecular weight excluding hydrogens is 406 g/mol. The van der Waals surface area contributed by atoms with Crippen LogP contribution in [0.1, 0.15) is 27.9 Å². The standard InChI is InChI=1S/C20H17N5O4S/c1-2-18-23-24-20(30-18)22-19(27)15-5-3-4-6-16(15)21-17(26)12-9-13-7-10-14(11-8-13)25(28)29/h3-12H,2H2,1H3,(H,21,26)(H,22,24,27)/b12-9+. The van der Waals surface area contributed by atoms with Crippen LogP contribution in [-0.4, -0.2) is 26.9 Å². The number of nitrogens with one attached hydrogen (secondary N) is 2. The Morgan fingerprint density at radius 2 is 1.83 bits per heavy atom. The number of amides is 2. The number of hydrogen-bond donors (Lipinski definition) is 2. The van der Waals surface area contributed by atoms with Crippen molar-refractivity contribution in [3.63, 3.8) is 0 Å². The molecule has 1 heterocycles. The summed E-state index contributed by atoms with van der Waals surface area (Å²) in [5, 5.41) is 25.1. The summed E-state index contributed by atoms with van der Waals surface area (Å²) in [6.45, 7) is 1.95. The zero-order chi connectivity index (χ0) is 21.5. The van der Waals surface area contributed by atoms with Crippen LogP contribution < -0.4 is 10.6 Å². The second-order valence-corrected chi connectivity index (χ2v) is 7.09. The fourth-order valence-electron chi connectivity index (χ4n) is 2.46. The normalized spacial score (nSPS) is 10.7. The highest BCUT2D eigenvalue weighted by Gasteiger charge is 2.14. The van der Waals surface area contributed by atoms with Gasteiger partial charge in [0.05, 0.1) is 16.2 Å². The third-order valence-corrected chi connectivity index (χ3v) is 4.93. The van der Waals surface area contributed by atoms with Crippen molar-refractivity contribution in [1.82, 2.24) is 10.2 Å². The van der Waals surface area contributed by atoms with Gasteiger partial charge in [-0.2, -0.15) is 0 Å². The number of nitro groups is 1. The van der Waals surface area contributed by atoms with Gasteiger partial charge in [-0.1, -0.05) is 30.4 Å². The maximum Gasteiger partial charge on any atom is 0.269 e. The van der Waals surface area contributed by atoms with Crippen LogP contribution in [0.15, 0.2) is 54.6 Å². The molecular formula is C20H17N5O4S. The van der Waals surface area contributed by atoms with Crippen LogP contribution in [0.3, 0.4) is 0 Å². The third kappa shape index (κ3) is 5.32. The number of rotatable bonds is 7. The Morgan fingerprint density at radius 1 is 1.10 bits per heavy atom. The van der Waals surface area contributed by atoms with Gasteiger partial charge in [0.15, 0.2) is 0 Å². The Kier molecular flexibility index (Phi) is 6.60. The lowest BCUT2D eigenvalue weighted by molar-refractivity contribution is -0.384. The molecule has 9 nitrogen and oxygen atoms in total. The Labute approximate surface area is 175 Å². The smallest absolute Gasteiger partial charge is 0.269 e. The van der Waals surface area contributed by atoms with Gasteiger partial charge in [-0.25, -0.2) is 0 Å². The van der Waals surface area contributed by atoms with Crippen LogP contribution in [0.25, 0.3) is 6.08 Å². The van der Waals surface area contributed by atoms with Crippen LogP contribution in [0.4, 0.5) is 16.5 Å². The molecule has 0 saturated carbocycles. The molecule has 2 aromatic carbocycles. The number of nitro benzene ring substituents is 1. The van der Waals surface area contributed by atoms with Crippen LogP contribution in [0.5, 0.6) is 0 Å². The molecule has 1 aromatic heterocycles. The highest BCUT2D eigenvalue weighted by molar-refractivity contribution is 7.15. The summed E-state index contributed by atoms with van der Waals surface area (Å²) in [5.74, 6) is -0.859. The second-order valence-electron chi connectivity index (χ2n) is 6.03. The quantitative estimate of drug-likeness (QED) is 0.337. The first-order chi connectivity index (χ1) is 14.5. The van der Waals surface area contributed by atoms with Crippen LogP contribution >= 0.6 is 11.3 Å². The summed E-state index contributed by atoms with van der Waals surface area (Å²) < 4.78 is 0. The molecule has 30 heavy (non-hydrogen) atoms. The molecule has 2 N–H and O–H groups in total. The van der Waals surface area contributed by atoms with Crippen molar-refractivity contribution in [1.29, 1.82) is 0 Å². The van der Waals surface area contributed by atoms with Gasteiger partial charge in [-0.05, 0) is 42.3 Å². The van der Waals surface area contributed by atoms with Crippen molar-refractivity contribution in [2.45, 2.75) is 13.3 Å². The van der Waals surface area contributed by atoms with E-state index in [1.807, 2.05) is 6.92 Å². The number of nitrogens with zero attached hydrogens (tertiary/aromatic N) is 3. The number of anilines is 2. The number of carbonyl (C=O) groups is 2. The Hall–Kier alpha value is -3.92. The van der Waals surface area contributed by atoms with E-state index >= 15 is 0 Å². The molecule has 0 aliphatic rings. The summed E-state index contributed by atoms with van der Waals surface area (Å²) in [6, 6.07) is 12.4. The largest absolute Gasteiger partial charge is 0.322 e. The highest BCUT2D eigenvalue weighted by atomic mass is 32.1. The van der Waals surface area contributed by atoms with E-state index in [2.05, 4.69) is 20.8 Å². The van der Waals surface area contributed by atoms with Gasteiger partial charge in [0.1, 0.15) is 5.01 Å². The molecule has 0 atom stereocenters. The van der Waals surface area contributed by atoms with Crippen molar-refractivity contribution >= 4 is 45.7 Å². The fourth-order valence-corrected chi connectivity index (χ4v) is 3.13. The third-order valence-electron chi connectivity index (χ3n) is 3.95. The number of para-hydroxylation sites is 1. The number of benzene rings is 2. The van der Waals surface area contributed by atoms with Crippen molar-refractivity contribution in [3.05, 3.63) is 80.9 Å². The van der Waals surface area contributed by atoms with Gasteiger partial charge >= 0.3 is 0 Å². The van der Waals surface area contributed by atoms with E-state index in [1.54, 1.807) is 24.3 Å². The van der Waals surface area contributed by atoms with Gasteiger partial charge < -0.3 is 5.32 Å². The molecule has 0 fully saturated rings. The maximum absolute atomic E-state index is 12.6. The Morgan fingerprint density at radius 3 is 2.50 bits per heavy atom. The van der Waals surface area contributed by atoms with Crippen molar-refractivity contribution in [3.8, 4) is 0 Å². The van der Waals surface area contributed by atoms with Crippen molar-refractivity contribution in [2.75, 3.05) is 10.6 Å². The summed E-state index contributed by atoms with van der Waals surface area (Å²) in [4.78, 5) is 35.1. The maximum atomic E-state index is 12.6. The van der Waals surface area contributed by atoms with Crippen molar-refractivity contribution in [2.24, 2.45) is 0 Å². The predicted octanol–water partition coefficient (Wildman–Crippen LogP) is 3.91. The number of aromatic nitrogens is 2. The molecule has 0 aliphatic carbocycles. The van der Waals surface area contributed by atoms with E-state index in [4.69, 9.17) is 0 Å². The van der Waals surface area contributed by atoms with E-state index in [0.717, 1.165) is 11.4 Å². The minimum atomic E-state index is -0.493. The molecule has 2 amide bonds. The van der Waals surface area contributed by atoms with E-state index < -0.39 is 16.7 Å². The molecule has 0 radical (unpaired) electrons. The zero-order valence-corrected chi connectivity index (χ0v) is 16.7. The van der Waals surface area contributed by atoms with Gasteiger partial charge in [-0.15, -0.1) is 10.2 Å². The summed E-state index contributed by atoms with van der Waals surface area (Å²) in [5.41, 5.74) is 1.22. The monoisotopic (exact) mass is 423 g/mol. The van der Waals surface area contributed by atoms with E-state index in [0.29, 0.717) is 16.4 Å². The first kappa shape index (κ1) is 20.8. The lowest BCUT2D eigenvalue weighted by Crippen LogP contribution is -2.16.